The van der Waals surface area contributed by atoms with Crippen LogP contribution in [0.5, 0.6) is 0 Å². The summed E-state index contributed by atoms with van der Waals surface area (Å²) in [6.45, 7) is 2.78. The molecule has 0 unspecified atom stereocenters. The van der Waals surface area contributed by atoms with Crippen LogP contribution < -0.4 is 5.32 Å². The molecule has 0 radical (unpaired) electrons. The van der Waals surface area contributed by atoms with E-state index in [2.05, 4.69) is 29.4 Å². The van der Waals surface area contributed by atoms with Gasteiger partial charge in [-0.05, 0) is 42.2 Å². The molecule has 0 aliphatic heterocycles. The van der Waals surface area contributed by atoms with E-state index in [1.807, 2.05) is 30.5 Å². The van der Waals surface area contributed by atoms with E-state index >= 15 is 0 Å². The molecule has 3 N–H and O–H groups in total. The van der Waals surface area contributed by atoms with E-state index in [0.717, 1.165) is 30.3 Å². The standard InChI is InChI=1S/C20H22N2O2/c1-2-5-14-8-9-19(17(12-14)20(23)24)21-11-10-15-13-22-18-7-4-3-6-16(15)18/h3-4,6-9,12-13,21-22H,2,5,10-11H2,1H3,(H,23,24). The van der Waals surface area contributed by atoms with Gasteiger partial charge in [-0.1, -0.05) is 37.6 Å². The van der Waals surface area contributed by atoms with Crippen LogP contribution >= 0.6 is 0 Å². The van der Waals surface area contributed by atoms with Crippen molar-refractivity contribution in [2.24, 2.45) is 0 Å². The molecule has 1 heterocycles. The van der Waals surface area contributed by atoms with Crippen LogP contribution in [-0.2, 0) is 12.8 Å². The third-order valence-electron chi connectivity index (χ3n) is 4.24. The Kier molecular flexibility index (Phi) is 4.85. The molecule has 0 atom stereocenters. The van der Waals surface area contributed by atoms with E-state index in [9.17, 15) is 9.90 Å². The SMILES string of the molecule is CCCc1ccc(NCCc2c[nH]c3ccccc23)c(C(=O)O)c1. The Balaban J connectivity index is 1.71. The lowest BCUT2D eigenvalue weighted by Gasteiger charge is -2.11. The van der Waals surface area contributed by atoms with Gasteiger partial charge in [0.15, 0.2) is 0 Å². The van der Waals surface area contributed by atoms with Gasteiger partial charge >= 0.3 is 5.97 Å². The van der Waals surface area contributed by atoms with Gasteiger partial charge in [0, 0.05) is 29.3 Å². The highest BCUT2D eigenvalue weighted by molar-refractivity contribution is 5.94. The van der Waals surface area contributed by atoms with E-state index in [0.29, 0.717) is 17.8 Å². The molecule has 0 bridgehead atoms. The van der Waals surface area contributed by atoms with Crippen LogP contribution in [-0.4, -0.2) is 22.6 Å². The number of aromatic carboxylic acids is 1. The first-order valence-electron chi connectivity index (χ1n) is 8.34. The van der Waals surface area contributed by atoms with Gasteiger partial charge < -0.3 is 15.4 Å². The van der Waals surface area contributed by atoms with Crippen molar-refractivity contribution in [2.45, 2.75) is 26.2 Å². The average molecular weight is 322 g/mol. The third kappa shape index (κ3) is 3.43. The van der Waals surface area contributed by atoms with Crippen molar-refractivity contribution in [3.8, 4) is 0 Å². The third-order valence-corrected chi connectivity index (χ3v) is 4.24. The van der Waals surface area contributed by atoms with Gasteiger partial charge in [0.05, 0.1) is 5.56 Å². The molecule has 4 heteroatoms. The second kappa shape index (κ2) is 7.21. The molecule has 4 nitrogen and oxygen atoms in total. The summed E-state index contributed by atoms with van der Waals surface area (Å²) in [7, 11) is 0. The van der Waals surface area contributed by atoms with Crippen molar-refractivity contribution in [2.75, 3.05) is 11.9 Å². The van der Waals surface area contributed by atoms with Crippen molar-refractivity contribution < 1.29 is 9.90 Å². The molecule has 0 aliphatic rings. The summed E-state index contributed by atoms with van der Waals surface area (Å²) in [5.74, 6) is -0.887. The Morgan fingerprint density at radius 3 is 2.79 bits per heavy atom. The summed E-state index contributed by atoms with van der Waals surface area (Å²) in [6.07, 6.45) is 4.76. The quantitative estimate of drug-likeness (QED) is 0.601. The van der Waals surface area contributed by atoms with Crippen molar-refractivity contribution >= 4 is 22.6 Å². The van der Waals surface area contributed by atoms with Crippen LogP contribution in [0.25, 0.3) is 10.9 Å². The van der Waals surface area contributed by atoms with Gasteiger partial charge in [0.25, 0.3) is 0 Å². The number of para-hydroxylation sites is 1. The van der Waals surface area contributed by atoms with E-state index in [4.69, 9.17) is 0 Å². The summed E-state index contributed by atoms with van der Waals surface area (Å²) in [5, 5.41) is 13.9. The molecular weight excluding hydrogens is 300 g/mol. The summed E-state index contributed by atoms with van der Waals surface area (Å²) in [6, 6.07) is 13.9. The Labute approximate surface area is 141 Å². The Bertz CT molecular complexity index is 852. The molecule has 0 amide bonds. The molecule has 1 aromatic heterocycles. The number of hydrogen-bond acceptors (Lipinski definition) is 2. The van der Waals surface area contributed by atoms with Crippen LogP contribution in [0.2, 0.25) is 0 Å². The number of carbonyl (C=O) groups is 1. The van der Waals surface area contributed by atoms with Crippen LogP contribution in [0.1, 0.15) is 34.8 Å². The van der Waals surface area contributed by atoms with E-state index in [1.54, 1.807) is 6.07 Å². The van der Waals surface area contributed by atoms with Crippen molar-refractivity contribution in [1.82, 2.24) is 4.98 Å². The number of fused-ring (bicyclic) bond motifs is 1. The van der Waals surface area contributed by atoms with Crippen LogP contribution in [0.3, 0.4) is 0 Å². The van der Waals surface area contributed by atoms with Gasteiger partial charge in [-0.2, -0.15) is 0 Å². The predicted octanol–water partition coefficient (Wildman–Crippen LogP) is 4.47. The van der Waals surface area contributed by atoms with Gasteiger partial charge in [0.1, 0.15) is 0 Å². The second-order valence-electron chi connectivity index (χ2n) is 5.97. The fourth-order valence-electron chi connectivity index (χ4n) is 3.04. The van der Waals surface area contributed by atoms with Crippen LogP contribution in [0, 0.1) is 0 Å². The van der Waals surface area contributed by atoms with Gasteiger partial charge in [-0.3, -0.25) is 0 Å². The summed E-state index contributed by atoms with van der Waals surface area (Å²) in [5.41, 5.74) is 4.46. The van der Waals surface area contributed by atoms with Crippen molar-refractivity contribution in [3.05, 3.63) is 65.4 Å². The maximum atomic E-state index is 11.5. The Morgan fingerprint density at radius 1 is 1.17 bits per heavy atom. The number of aromatic amines is 1. The minimum Gasteiger partial charge on any atom is -0.478 e. The highest BCUT2D eigenvalue weighted by Gasteiger charge is 2.11. The largest absolute Gasteiger partial charge is 0.478 e. The molecule has 0 saturated carbocycles. The lowest BCUT2D eigenvalue weighted by molar-refractivity contribution is 0.0698. The monoisotopic (exact) mass is 322 g/mol. The number of benzene rings is 2. The minimum absolute atomic E-state index is 0.347. The maximum absolute atomic E-state index is 11.5. The molecule has 3 aromatic rings. The molecule has 0 saturated heterocycles. The maximum Gasteiger partial charge on any atom is 0.337 e. The number of hydrogen-bond donors (Lipinski definition) is 3. The number of anilines is 1. The molecule has 124 valence electrons. The average Bonchev–Trinajstić information content (AvgIpc) is 2.99. The first-order valence-corrected chi connectivity index (χ1v) is 8.34. The predicted molar refractivity (Wildman–Crippen MR) is 97.9 cm³/mol. The molecule has 0 fully saturated rings. The lowest BCUT2D eigenvalue weighted by atomic mass is 10.0. The molecule has 24 heavy (non-hydrogen) atoms. The smallest absolute Gasteiger partial charge is 0.337 e. The molecule has 0 aliphatic carbocycles. The highest BCUT2D eigenvalue weighted by atomic mass is 16.4. The van der Waals surface area contributed by atoms with Crippen molar-refractivity contribution in [1.29, 1.82) is 0 Å². The highest BCUT2D eigenvalue weighted by Crippen LogP contribution is 2.21. The normalized spacial score (nSPS) is 10.9. The van der Waals surface area contributed by atoms with Crippen LogP contribution in [0.4, 0.5) is 5.69 Å². The number of aryl methyl sites for hydroxylation is 1. The number of rotatable bonds is 7. The van der Waals surface area contributed by atoms with Crippen molar-refractivity contribution in [3.63, 3.8) is 0 Å². The summed E-state index contributed by atoms with van der Waals surface area (Å²) >= 11 is 0. The van der Waals surface area contributed by atoms with Gasteiger partial charge in [-0.15, -0.1) is 0 Å². The van der Waals surface area contributed by atoms with Gasteiger partial charge in [-0.25, -0.2) is 4.79 Å². The molecular formula is C20H22N2O2. The van der Waals surface area contributed by atoms with E-state index < -0.39 is 5.97 Å². The van der Waals surface area contributed by atoms with Crippen LogP contribution in [0.15, 0.2) is 48.7 Å². The number of nitrogens with one attached hydrogen (secondary N) is 2. The zero-order chi connectivity index (χ0) is 16.9. The van der Waals surface area contributed by atoms with E-state index in [1.165, 1.54) is 10.9 Å². The second-order valence-corrected chi connectivity index (χ2v) is 5.97. The fraction of sp³-hybridized carbons (Fsp3) is 0.250. The lowest BCUT2D eigenvalue weighted by Crippen LogP contribution is -2.10. The molecule has 0 spiro atoms. The minimum atomic E-state index is -0.887. The summed E-state index contributed by atoms with van der Waals surface area (Å²) < 4.78 is 0. The molecule has 2 aromatic carbocycles. The zero-order valence-electron chi connectivity index (χ0n) is 13.8. The van der Waals surface area contributed by atoms with Gasteiger partial charge in [0.2, 0.25) is 0 Å². The first-order chi connectivity index (χ1) is 11.7. The Morgan fingerprint density at radius 2 is 2.00 bits per heavy atom. The topological polar surface area (TPSA) is 65.1 Å². The number of carboxylic acids is 1. The Hall–Kier alpha value is -2.75. The molecule has 3 rings (SSSR count). The first kappa shape index (κ1) is 16.1. The summed E-state index contributed by atoms with van der Waals surface area (Å²) in [4.78, 5) is 14.8. The zero-order valence-corrected chi connectivity index (χ0v) is 13.8. The number of aromatic nitrogens is 1. The fourth-order valence-corrected chi connectivity index (χ4v) is 3.04. The van der Waals surface area contributed by atoms with E-state index in [-0.39, 0.29) is 0 Å². The number of carboxylic acid groups (broad SMARTS) is 1. The number of H-pyrrole nitrogens is 1.